The van der Waals surface area contributed by atoms with Crippen LogP contribution in [-0.4, -0.2) is 17.6 Å². The van der Waals surface area contributed by atoms with Crippen molar-refractivity contribution in [3.05, 3.63) is 69.0 Å². The molecule has 0 aliphatic carbocycles. The van der Waals surface area contributed by atoms with Crippen LogP contribution >= 0.6 is 34.0 Å². The molecule has 3 aromatic heterocycles. The van der Waals surface area contributed by atoms with Gasteiger partial charge in [-0.25, -0.2) is 0 Å². The number of carbonyl (C=O) groups is 1. The first-order valence-electron chi connectivity index (χ1n) is 7.78. The lowest BCUT2D eigenvalue weighted by atomic mass is 10.2. The van der Waals surface area contributed by atoms with E-state index in [1.54, 1.807) is 22.7 Å². The Hall–Kier alpha value is -1.99. The van der Waals surface area contributed by atoms with Gasteiger partial charge >= 0.3 is 0 Å². The zero-order chi connectivity index (χ0) is 17.2. The maximum Gasteiger partial charge on any atom is 0.261 e. The summed E-state index contributed by atoms with van der Waals surface area (Å²) in [5.41, 5.74) is 1.17. The van der Waals surface area contributed by atoms with Crippen molar-refractivity contribution < 1.29 is 9.90 Å². The fourth-order valence-electron chi connectivity index (χ4n) is 2.56. The molecule has 126 valence electrons. The lowest BCUT2D eigenvalue weighted by molar-refractivity contribution is 0.0922. The molecule has 1 amide bonds. The number of benzene rings is 1. The van der Waals surface area contributed by atoms with Crippen molar-refractivity contribution in [2.75, 3.05) is 6.54 Å². The molecule has 4 rings (SSSR count). The van der Waals surface area contributed by atoms with Gasteiger partial charge in [-0.05, 0) is 46.5 Å². The molecule has 4 aromatic rings. The molecule has 3 nitrogen and oxygen atoms in total. The summed E-state index contributed by atoms with van der Waals surface area (Å²) in [4.78, 5) is 15.0. The third-order valence-corrected chi connectivity index (χ3v) is 6.90. The predicted molar refractivity (Wildman–Crippen MR) is 107 cm³/mol. The number of hydrogen-bond acceptors (Lipinski definition) is 5. The van der Waals surface area contributed by atoms with E-state index < -0.39 is 6.10 Å². The number of thiophene rings is 3. The molecule has 0 aliphatic rings. The van der Waals surface area contributed by atoms with Gasteiger partial charge in [0.1, 0.15) is 6.10 Å². The minimum Gasteiger partial charge on any atom is -0.386 e. The smallest absolute Gasteiger partial charge is 0.261 e. The Kier molecular flexibility index (Phi) is 4.67. The lowest BCUT2D eigenvalue weighted by Gasteiger charge is -2.09. The van der Waals surface area contributed by atoms with Gasteiger partial charge < -0.3 is 10.4 Å². The van der Waals surface area contributed by atoms with Crippen molar-refractivity contribution in [1.82, 2.24) is 5.32 Å². The molecule has 0 aliphatic heterocycles. The van der Waals surface area contributed by atoms with Gasteiger partial charge in [0.15, 0.2) is 0 Å². The van der Waals surface area contributed by atoms with Crippen LogP contribution in [0.15, 0.2) is 59.3 Å². The largest absolute Gasteiger partial charge is 0.386 e. The first-order valence-corrected chi connectivity index (χ1v) is 10.4. The van der Waals surface area contributed by atoms with Gasteiger partial charge in [-0.3, -0.25) is 4.79 Å². The Morgan fingerprint density at radius 1 is 1.12 bits per heavy atom. The van der Waals surface area contributed by atoms with Gasteiger partial charge in [0, 0.05) is 26.6 Å². The Balaban J connectivity index is 1.41. The Labute approximate surface area is 157 Å². The highest BCUT2D eigenvalue weighted by Crippen LogP contribution is 2.32. The average Bonchev–Trinajstić information content (AvgIpc) is 3.38. The fourth-order valence-corrected chi connectivity index (χ4v) is 5.26. The fraction of sp³-hybridized carbons (Fsp3) is 0.105. The van der Waals surface area contributed by atoms with Crippen molar-refractivity contribution in [2.24, 2.45) is 0 Å². The van der Waals surface area contributed by atoms with Crippen LogP contribution in [0.25, 0.3) is 20.5 Å². The lowest BCUT2D eigenvalue weighted by Crippen LogP contribution is -2.27. The van der Waals surface area contributed by atoms with Gasteiger partial charge in [0.05, 0.1) is 4.88 Å². The van der Waals surface area contributed by atoms with Crippen LogP contribution in [0.1, 0.15) is 20.7 Å². The van der Waals surface area contributed by atoms with E-state index in [0.29, 0.717) is 4.88 Å². The second kappa shape index (κ2) is 7.09. The molecule has 0 saturated heterocycles. The second-order valence-electron chi connectivity index (χ2n) is 5.59. The quantitative estimate of drug-likeness (QED) is 0.499. The summed E-state index contributed by atoms with van der Waals surface area (Å²) in [6, 6.07) is 15.8. The van der Waals surface area contributed by atoms with Crippen LogP contribution in [0.4, 0.5) is 0 Å². The number of fused-ring (bicyclic) bond motifs is 1. The van der Waals surface area contributed by atoms with Crippen LogP contribution in [0.2, 0.25) is 0 Å². The molecule has 3 heterocycles. The van der Waals surface area contributed by atoms with E-state index in [1.165, 1.54) is 16.9 Å². The molecule has 0 saturated carbocycles. The number of aliphatic hydroxyl groups excluding tert-OH is 1. The van der Waals surface area contributed by atoms with E-state index >= 15 is 0 Å². The summed E-state index contributed by atoms with van der Waals surface area (Å²) in [6.45, 7) is 0.205. The molecule has 1 aromatic carbocycles. The van der Waals surface area contributed by atoms with Crippen LogP contribution in [0.3, 0.4) is 0 Å². The van der Waals surface area contributed by atoms with E-state index in [1.807, 2.05) is 47.8 Å². The van der Waals surface area contributed by atoms with Crippen molar-refractivity contribution in [3.8, 4) is 10.4 Å². The van der Waals surface area contributed by atoms with Crippen LogP contribution in [-0.2, 0) is 0 Å². The molecule has 25 heavy (non-hydrogen) atoms. The SMILES string of the molecule is O=C(NCC(O)c1ccc(-c2ccsc2)s1)c1cc2ccccc2s1. The van der Waals surface area contributed by atoms with Gasteiger partial charge in [-0.1, -0.05) is 18.2 Å². The molecule has 2 N–H and O–H groups in total. The Morgan fingerprint density at radius 2 is 2.00 bits per heavy atom. The van der Waals surface area contributed by atoms with Crippen LogP contribution in [0.5, 0.6) is 0 Å². The van der Waals surface area contributed by atoms with E-state index in [4.69, 9.17) is 0 Å². The van der Waals surface area contributed by atoms with Crippen LogP contribution < -0.4 is 5.32 Å². The molecule has 0 radical (unpaired) electrons. The molecule has 6 heteroatoms. The molecule has 1 unspecified atom stereocenters. The summed E-state index contributed by atoms with van der Waals surface area (Å²) in [5, 5.41) is 18.4. The molecular weight excluding hydrogens is 370 g/mol. The number of hydrogen-bond donors (Lipinski definition) is 2. The van der Waals surface area contributed by atoms with Crippen molar-refractivity contribution in [3.63, 3.8) is 0 Å². The Morgan fingerprint density at radius 3 is 2.80 bits per heavy atom. The predicted octanol–water partition coefficient (Wildman–Crippen LogP) is 5.15. The summed E-state index contributed by atoms with van der Waals surface area (Å²) >= 11 is 4.68. The second-order valence-corrected chi connectivity index (χ2v) is 8.57. The molecule has 0 bridgehead atoms. The van der Waals surface area contributed by atoms with Crippen LogP contribution in [0, 0.1) is 0 Å². The highest BCUT2D eigenvalue weighted by atomic mass is 32.1. The topological polar surface area (TPSA) is 49.3 Å². The standard InChI is InChI=1S/C19H15NO2S3/c21-14(17-6-5-16(24-17)13-7-8-23-11-13)10-20-19(22)18-9-12-3-1-2-4-15(12)25-18/h1-9,11,14,21H,10H2,(H,20,22). The molecular formula is C19H15NO2S3. The van der Waals surface area contributed by atoms with Crippen molar-refractivity contribution in [2.45, 2.75) is 6.10 Å². The average molecular weight is 386 g/mol. The highest BCUT2D eigenvalue weighted by molar-refractivity contribution is 7.20. The van der Waals surface area contributed by atoms with Crippen molar-refractivity contribution >= 4 is 50.0 Å². The first kappa shape index (κ1) is 16.5. The monoisotopic (exact) mass is 385 g/mol. The van der Waals surface area contributed by atoms with Crippen molar-refractivity contribution in [1.29, 1.82) is 0 Å². The number of amides is 1. The van der Waals surface area contributed by atoms with E-state index in [9.17, 15) is 9.90 Å². The zero-order valence-electron chi connectivity index (χ0n) is 13.1. The number of carbonyl (C=O) groups excluding carboxylic acids is 1. The maximum atomic E-state index is 12.3. The minimum atomic E-state index is -0.698. The highest BCUT2D eigenvalue weighted by Gasteiger charge is 2.15. The Bertz CT molecular complexity index is 968. The van der Waals surface area contributed by atoms with Gasteiger partial charge in [0.25, 0.3) is 5.91 Å². The summed E-state index contributed by atoms with van der Waals surface area (Å²) < 4.78 is 1.09. The maximum absolute atomic E-state index is 12.3. The van der Waals surface area contributed by atoms with Gasteiger partial charge in [-0.2, -0.15) is 11.3 Å². The molecule has 1 atom stereocenters. The third kappa shape index (κ3) is 3.52. The van der Waals surface area contributed by atoms with Gasteiger partial charge in [0.2, 0.25) is 0 Å². The van der Waals surface area contributed by atoms with E-state index in [-0.39, 0.29) is 12.5 Å². The normalized spacial score (nSPS) is 12.4. The summed E-state index contributed by atoms with van der Waals surface area (Å²) in [7, 11) is 0. The summed E-state index contributed by atoms with van der Waals surface area (Å²) in [6.07, 6.45) is -0.698. The van der Waals surface area contributed by atoms with Gasteiger partial charge in [-0.15, -0.1) is 22.7 Å². The van der Waals surface area contributed by atoms with E-state index in [2.05, 4.69) is 16.8 Å². The van der Waals surface area contributed by atoms with E-state index in [0.717, 1.165) is 19.8 Å². The number of aliphatic hydroxyl groups is 1. The molecule has 0 fully saturated rings. The number of rotatable bonds is 5. The summed E-state index contributed by atoms with van der Waals surface area (Å²) in [5.74, 6) is -0.144. The minimum absolute atomic E-state index is 0.144. The first-order chi connectivity index (χ1) is 12.2. The third-order valence-electron chi connectivity index (χ3n) is 3.87. The number of nitrogens with one attached hydrogen (secondary N) is 1. The zero-order valence-corrected chi connectivity index (χ0v) is 15.6. The molecule has 0 spiro atoms.